The van der Waals surface area contributed by atoms with Gasteiger partial charge in [-0.3, -0.25) is 19.3 Å². The van der Waals surface area contributed by atoms with Gasteiger partial charge in [0.15, 0.2) is 12.0 Å². The van der Waals surface area contributed by atoms with Crippen molar-refractivity contribution in [1.29, 1.82) is 0 Å². The van der Waals surface area contributed by atoms with Crippen molar-refractivity contribution in [2.45, 2.75) is 25.2 Å². The molecular weight excluding hydrogens is 720 g/mol. The van der Waals surface area contributed by atoms with E-state index in [1.165, 1.54) is 17.0 Å². The number of aromatic amines is 1. The van der Waals surface area contributed by atoms with Crippen molar-refractivity contribution >= 4 is 52.9 Å². The Morgan fingerprint density at radius 1 is 1.00 bits per heavy atom. The minimum Gasteiger partial charge on any atom is -0.542 e. The van der Waals surface area contributed by atoms with Crippen LogP contribution in [-0.4, -0.2) is 83.5 Å². The zero-order valence-corrected chi connectivity index (χ0v) is 26.3. The van der Waals surface area contributed by atoms with Crippen LogP contribution in [0.5, 0.6) is 0 Å². The monoisotopic (exact) mass is 744 g/mol. The lowest BCUT2D eigenvalue weighted by atomic mass is 10.0. The standard InChI is InChI=1S/C24H23Cl2FN6O2.2C2HF3O2/c25-19-10-21-23(34)29-12-17(33(21)22(19)26)8-15-2-3-20(27)18(9-15)24(35)32-5-1-4-31(6-7-32)13-16-11-28-14-30-16;2*3-2(4,5)1(6)7/h2-3,9-12,14H,1,4-8,13H2,(H,28,30)(H,29,34);2*(H,6,7). The van der Waals surface area contributed by atoms with Gasteiger partial charge in [-0.15, -0.1) is 0 Å². The molecule has 2 aliphatic rings. The number of H-pyrrole nitrogens is 1. The number of carbonyl (C=O) groups excluding carboxylic acids is 3. The van der Waals surface area contributed by atoms with Gasteiger partial charge in [0.1, 0.15) is 41.2 Å². The molecule has 1 aromatic carbocycles. The molecule has 12 nitrogen and oxygen atoms in total. The zero-order chi connectivity index (χ0) is 36.7. The number of aromatic nitrogens is 2. The first-order valence-electron chi connectivity index (χ1n) is 13.9. The maximum Gasteiger partial charge on any atom is 0.430 e. The number of halogens is 9. The third-order valence-corrected chi connectivity index (χ3v) is 7.68. The van der Waals surface area contributed by atoms with Crippen molar-refractivity contribution in [1.82, 2.24) is 14.3 Å². The van der Waals surface area contributed by atoms with Gasteiger partial charge in [0.2, 0.25) is 0 Å². The molecule has 1 atom stereocenters. The molecular formula is C28H25Cl2F7N6O6. The first-order chi connectivity index (χ1) is 22.8. The molecule has 21 heteroatoms. The zero-order valence-electron chi connectivity index (χ0n) is 24.8. The molecule has 0 radical (unpaired) electrons. The van der Waals surface area contributed by atoms with E-state index in [0.717, 1.165) is 31.8 Å². The van der Waals surface area contributed by atoms with Gasteiger partial charge in [0, 0.05) is 31.3 Å². The summed E-state index contributed by atoms with van der Waals surface area (Å²) < 4.78 is 79.4. The average molecular weight is 745 g/mol. The van der Waals surface area contributed by atoms with Gasteiger partial charge < -0.3 is 34.6 Å². The summed E-state index contributed by atoms with van der Waals surface area (Å²) >= 11 is 12.4. The average Bonchev–Trinajstić information content (AvgIpc) is 3.56. The Labute approximate surface area is 281 Å². The van der Waals surface area contributed by atoms with Gasteiger partial charge >= 0.3 is 12.4 Å². The van der Waals surface area contributed by atoms with E-state index in [-0.39, 0.29) is 27.2 Å². The second kappa shape index (κ2) is 16.3. The van der Waals surface area contributed by atoms with Crippen molar-refractivity contribution in [2.75, 3.05) is 32.7 Å². The molecule has 2 aliphatic heterocycles. The summed E-state index contributed by atoms with van der Waals surface area (Å²) in [5.41, 5.74) is 2.47. The van der Waals surface area contributed by atoms with Gasteiger partial charge in [-0.05, 0) is 23.8 Å². The second-order valence-electron chi connectivity index (χ2n) is 10.4. The number of nitrogens with zero attached hydrogens (tertiary/aromatic N) is 3. The van der Waals surface area contributed by atoms with Crippen molar-refractivity contribution in [3.8, 4) is 0 Å². The van der Waals surface area contributed by atoms with Crippen LogP contribution in [0.25, 0.3) is 5.52 Å². The summed E-state index contributed by atoms with van der Waals surface area (Å²) in [6.45, 7) is 3.66. The summed E-state index contributed by atoms with van der Waals surface area (Å²) in [6.07, 6.45) is -3.88. The van der Waals surface area contributed by atoms with E-state index < -0.39 is 30.1 Å². The Hall–Kier alpha value is -4.46. The highest BCUT2D eigenvalue weighted by molar-refractivity contribution is 6.42. The largest absolute Gasteiger partial charge is 0.542 e. The van der Waals surface area contributed by atoms with Crippen LogP contribution in [0, 0.1) is 5.82 Å². The number of quaternary nitrogens is 2. The second-order valence-corrected chi connectivity index (χ2v) is 11.1. The molecule has 266 valence electrons. The van der Waals surface area contributed by atoms with Crippen LogP contribution < -0.4 is 26.0 Å². The molecule has 4 heterocycles. The fraction of sp³-hybridized carbons (Fsp3) is 0.321. The third-order valence-electron chi connectivity index (χ3n) is 6.92. The summed E-state index contributed by atoms with van der Waals surface area (Å²) in [6, 6.07) is 6.02. The highest BCUT2D eigenvalue weighted by Gasteiger charge is 2.30. The van der Waals surface area contributed by atoms with Crippen molar-refractivity contribution < 1.29 is 65.5 Å². The van der Waals surface area contributed by atoms with Crippen molar-refractivity contribution in [3.05, 3.63) is 85.5 Å². The number of carbonyl (C=O) groups is 3. The number of hydrogen-bond acceptors (Lipinski definition) is 7. The first kappa shape index (κ1) is 39.0. The maximum atomic E-state index is 14.8. The Kier molecular flexibility index (Phi) is 13.0. The van der Waals surface area contributed by atoms with Gasteiger partial charge in [-0.2, -0.15) is 31.3 Å². The summed E-state index contributed by atoms with van der Waals surface area (Å²) in [4.78, 5) is 53.1. The van der Waals surface area contributed by atoms with E-state index in [0.29, 0.717) is 36.3 Å². The van der Waals surface area contributed by atoms with Crippen LogP contribution in [-0.2, 0) is 16.0 Å². The molecule has 1 saturated heterocycles. The molecule has 1 fully saturated rings. The smallest absolute Gasteiger partial charge is 0.430 e. The lowest BCUT2D eigenvalue weighted by Gasteiger charge is -2.21. The molecule has 0 saturated carbocycles. The van der Waals surface area contributed by atoms with Gasteiger partial charge in [-0.25, -0.2) is 4.39 Å². The van der Waals surface area contributed by atoms with Gasteiger partial charge in [0.25, 0.3) is 11.5 Å². The molecule has 49 heavy (non-hydrogen) atoms. The van der Waals surface area contributed by atoms with Gasteiger partial charge in [-0.1, -0.05) is 29.3 Å². The van der Waals surface area contributed by atoms with Crippen molar-refractivity contribution in [2.24, 2.45) is 4.99 Å². The quantitative estimate of drug-likeness (QED) is 0.296. The highest BCUT2D eigenvalue weighted by atomic mass is 35.5. The number of nitrogens with two attached hydrogens (primary N) is 1. The predicted octanol–water partition coefficient (Wildman–Crippen LogP) is -0.561. The van der Waals surface area contributed by atoms with Crippen molar-refractivity contribution in [3.63, 3.8) is 0 Å². The molecule has 4 N–H and O–H groups in total. The molecule has 0 bridgehead atoms. The Balaban J connectivity index is 0.000000392. The van der Waals surface area contributed by atoms with E-state index in [1.807, 2.05) is 11.5 Å². The Morgan fingerprint density at radius 3 is 2.20 bits per heavy atom. The molecule has 1 unspecified atom stereocenters. The van der Waals surface area contributed by atoms with Crippen LogP contribution in [0.1, 0.15) is 28.0 Å². The minimum atomic E-state index is -5.19. The van der Waals surface area contributed by atoms with E-state index in [9.17, 15) is 40.3 Å². The number of amides is 1. The first-order valence-corrected chi connectivity index (χ1v) is 14.7. The topological polar surface area (TPSA) is 171 Å². The lowest BCUT2D eigenvalue weighted by molar-refractivity contribution is -0.893. The number of hydrogen-bond donors (Lipinski definition) is 3. The molecule has 0 spiro atoms. The number of aliphatic carboxylic acids is 2. The molecule has 1 amide bonds. The lowest BCUT2D eigenvalue weighted by Crippen LogP contribution is -3.12. The molecule has 2 aromatic heterocycles. The van der Waals surface area contributed by atoms with E-state index in [2.05, 4.69) is 9.98 Å². The highest BCUT2D eigenvalue weighted by Crippen LogP contribution is 2.27. The van der Waals surface area contributed by atoms with E-state index in [1.54, 1.807) is 34.0 Å². The number of alkyl halides is 6. The van der Waals surface area contributed by atoms with Crippen LogP contribution in [0.15, 0.2) is 52.1 Å². The number of carboxylic acid groups (broad SMARTS) is 2. The summed E-state index contributed by atoms with van der Waals surface area (Å²) in [7, 11) is 0. The van der Waals surface area contributed by atoms with Crippen LogP contribution in [0.3, 0.4) is 0 Å². The fourth-order valence-corrected chi connectivity index (χ4v) is 5.12. The molecule has 5 rings (SSSR count). The third kappa shape index (κ3) is 10.8. The number of aliphatic imine (C=N–C) groups is 1. The maximum absolute atomic E-state index is 14.8. The van der Waals surface area contributed by atoms with Crippen LogP contribution in [0.4, 0.5) is 30.7 Å². The van der Waals surface area contributed by atoms with Gasteiger partial charge in [0.05, 0.1) is 30.2 Å². The van der Waals surface area contributed by atoms with Crippen LogP contribution in [0.2, 0.25) is 10.2 Å². The molecule has 3 aromatic rings. The SMILES string of the molecule is O=C([O-])C(F)(F)F.O=C([O-])C(F)(F)F.O=C(c1cc(Cc2c[nH]c(=O)c3cc(Cl)c(Cl)n23)ccc1F)N1CCC[NH+](CC2=C[NH2+]C=N2)CC1. The van der Waals surface area contributed by atoms with E-state index in [4.69, 9.17) is 43.0 Å². The minimum absolute atomic E-state index is 0.0426. The number of rotatable bonds is 5. The Bertz CT molecular complexity index is 1800. The summed E-state index contributed by atoms with van der Waals surface area (Å²) in [5.74, 6) is -6.88. The Morgan fingerprint density at radius 2 is 1.63 bits per heavy atom. The normalized spacial score (nSPS) is 16.2. The number of carboxylic acids is 2. The van der Waals surface area contributed by atoms with Crippen LogP contribution >= 0.6 is 23.2 Å². The van der Waals surface area contributed by atoms with E-state index >= 15 is 0 Å². The number of benzene rings is 1. The number of fused-ring (bicyclic) bond motifs is 1. The molecule has 0 aliphatic carbocycles. The predicted molar refractivity (Wildman–Crippen MR) is 154 cm³/mol. The fourth-order valence-electron chi connectivity index (χ4n) is 4.67. The summed E-state index contributed by atoms with van der Waals surface area (Å²) in [5, 5.41) is 20.0. The number of nitrogens with one attached hydrogen (secondary N) is 2.